The molecule has 0 radical (unpaired) electrons. The molecule has 0 aromatic heterocycles. The van der Waals surface area contributed by atoms with Crippen molar-refractivity contribution in [2.45, 2.75) is 42.5 Å². The first-order valence-corrected chi connectivity index (χ1v) is 9.73. The third-order valence-corrected chi connectivity index (χ3v) is 5.74. The molecule has 0 atom stereocenters. The summed E-state index contributed by atoms with van der Waals surface area (Å²) < 4.78 is 59.3. The summed E-state index contributed by atoms with van der Waals surface area (Å²) in [6.45, 7) is -1.84. The average molecular weight is 428 g/mol. The number of halogens is 3. The van der Waals surface area contributed by atoms with Crippen LogP contribution in [0.25, 0.3) is 0 Å². The highest BCUT2D eigenvalue weighted by Gasteiger charge is 2.29. The summed E-state index contributed by atoms with van der Waals surface area (Å²) in [4.78, 5) is 11.9. The SMILES string of the molecule is COc1ccc(C(=O)NCC(F)(F)CN)cc1S(=O)(=O)NC1CCCC1.Cl. The van der Waals surface area contributed by atoms with Gasteiger partial charge in [0, 0.05) is 11.6 Å². The molecule has 0 heterocycles. The van der Waals surface area contributed by atoms with Gasteiger partial charge in [-0.2, -0.15) is 0 Å². The Balaban J connectivity index is 0.00000364. The summed E-state index contributed by atoms with van der Waals surface area (Å²) in [7, 11) is -2.60. The Morgan fingerprint density at radius 1 is 1.33 bits per heavy atom. The molecule has 2 rings (SSSR count). The molecule has 154 valence electrons. The van der Waals surface area contributed by atoms with E-state index < -0.39 is 34.9 Å². The Morgan fingerprint density at radius 3 is 2.52 bits per heavy atom. The molecule has 4 N–H and O–H groups in total. The number of sulfonamides is 1. The van der Waals surface area contributed by atoms with E-state index in [1.54, 1.807) is 0 Å². The van der Waals surface area contributed by atoms with Gasteiger partial charge in [-0.25, -0.2) is 21.9 Å². The predicted octanol–water partition coefficient (Wildman–Crippen LogP) is 1.66. The number of carbonyl (C=O) groups is 1. The Bertz CT molecular complexity index is 756. The minimum atomic E-state index is -3.91. The first-order valence-electron chi connectivity index (χ1n) is 8.25. The van der Waals surface area contributed by atoms with Crippen molar-refractivity contribution >= 4 is 28.3 Å². The molecule has 11 heteroatoms. The molecule has 0 spiro atoms. The number of alkyl halides is 2. The summed E-state index contributed by atoms with van der Waals surface area (Å²) in [6, 6.07) is 3.58. The zero-order valence-corrected chi connectivity index (χ0v) is 16.5. The molecule has 0 saturated heterocycles. The van der Waals surface area contributed by atoms with Crippen LogP contribution in [0, 0.1) is 0 Å². The number of hydrogen-bond donors (Lipinski definition) is 3. The lowest BCUT2D eigenvalue weighted by molar-refractivity contribution is 0.0118. The number of methoxy groups -OCH3 is 1. The van der Waals surface area contributed by atoms with Crippen molar-refractivity contribution in [1.82, 2.24) is 10.0 Å². The zero-order valence-electron chi connectivity index (χ0n) is 14.8. The third-order valence-electron chi connectivity index (χ3n) is 4.20. The van der Waals surface area contributed by atoms with Gasteiger partial charge in [-0.3, -0.25) is 4.79 Å². The number of ether oxygens (including phenoxy) is 1. The largest absolute Gasteiger partial charge is 0.495 e. The summed E-state index contributed by atoms with van der Waals surface area (Å²) in [5.41, 5.74) is 4.86. The zero-order chi connectivity index (χ0) is 19.4. The van der Waals surface area contributed by atoms with E-state index in [1.807, 2.05) is 0 Å². The van der Waals surface area contributed by atoms with Gasteiger partial charge in [-0.15, -0.1) is 12.4 Å². The van der Waals surface area contributed by atoms with Crippen molar-refractivity contribution in [2.24, 2.45) is 5.73 Å². The van der Waals surface area contributed by atoms with Crippen LogP contribution in [0.1, 0.15) is 36.0 Å². The second kappa shape index (κ2) is 9.63. The quantitative estimate of drug-likeness (QED) is 0.584. The van der Waals surface area contributed by atoms with Crippen molar-refractivity contribution in [3.8, 4) is 5.75 Å². The van der Waals surface area contributed by atoms with Gasteiger partial charge < -0.3 is 15.8 Å². The van der Waals surface area contributed by atoms with Crippen molar-refractivity contribution in [1.29, 1.82) is 0 Å². The van der Waals surface area contributed by atoms with Crippen LogP contribution in [0.4, 0.5) is 8.78 Å². The first kappa shape index (κ1) is 23.5. The van der Waals surface area contributed by atoms with Crippen molar-refractivity contribution in [3.63, 3.8) is 0 Å². The molecule has 1 aliphatic rings. The number of amides is 1. The number of nitrogens with two attached hydrogens (primary N) is 1. The van der Waals surface area contributed by atoms with Gasteiger partial charge in [0.25, 0.3) is 11.8 Å². The molecule has 27 heavy (non-hydrogen) atoms. The summed E-state index contributed by atoms with van der Waals surface area (Å²) >= 11 is 0. The minimum absolute atomic E-state index is 0. The second-order valence-corrected chi connectivity index (χ2v) is 7.89. The second-order valence-electron chi connectivity index (χ2n) is 6.21. The van der Waals surface area contributed by atoms with E-state index in [-0.39, 0.29) is 34.7 Å². The Morgan fingerprint density at radius 2 is 1.96 bits per heavy atom. The van der Waals surface area contributed by atoms with E-state index in [4.69, 9.17) is 10.5 Å². The molecule has 0 unspecified atom stereocenters. The molecular weight excluding hydrogens is 404 g/mol. The number of hydrogen-bond acceptors (Lipinski definition) is 5. The van der Waals surface area contributed by atoms with Crippen LogP contribution in [0.2, 0.25) is 0 Å². The summed E-state index contributed by atoms with van der Waals surface area (Å²) in [5, 5.41) is 2.05. The van der Waals surface area contributed by atoms with Crippen LogP contribution in [0.15, 0.2) is 23.1 Å². The Hall–Kier alpha value is -1.49. The fourth-order valence-electron chi connectivity index (χ4n) is 2.74. The highest BCUT2D eigenvalue weighted by Crippen LogP contribution is 2.27. The van der Waals surface area contributed by atoms with Gasteiger partial charge in [0.15, 0.2) is 0 Å². The summed E-state index contributed by atoms with van der Waals surface area (Å²) in [5.74, 6) is -3.99. The fourth-order valence-corrected chi connectivity index (χ4v) is 4.24. The molecule has 7 nitrogen and oxygen atoms in total. The standard InChI is InChI=1S/C16H23F2N3O4S.ClH/c1-25-13-7-6-11(15(22)20-10-16(17,18)9-19)8-14(13)26(23,24)21-12-4-2-3-5-12;/h6-8,12,21H,2-5,9-10,19H2,1H3,(H,20,22);1H. The molecule has 0 aliphatic heterocycles. The first-order chi connectivity index (χ1) is 12.2. The molecule has 1 aromatic rings. The van der Waals surface area contributed by atoms with Gasteiger partial charge in [-0.05, 0) is 31.0 Å². The minimum Gasteiger partial charge on any atom is -0.495 e. The number of rotatable bonds is 8. The van der Waals surface area contributed by atoms with Crippen LogP contribution >= 0.6 is 12.4 Å². The molecule has 1 aromatic carbocycles. The van der Waals surface area contributed by atoms with Crippen LogP contribution in [-0.2, 0) is 10.0 Å². The van der Waals surface area contributed by atoms with Gasteiger partial charge >= 0.3 is 0 Å². The van der Waals surface area contributed by atoms with Crippen LogP contribution in [0.3, 0.4) is 0 Å². The molecule has 1 amide bonds. The van der Waals surface area contributed by atoms with Gasteiger partial charge in [0.05, 0.1) is 20.2 Å². The lowest BCUT2D eigenvalue weighted by Gasteiger charge is -2.17. The Kier molecular flexibility index (Phi) is 8.40. The predicted molar refractivity (Wildman–Crippen MR) is 99.2 cm³/mol. The smallest absolute Gasteiger partial charge is 0.277 e. The van der Waals surface area contributed by atoms with E-state index in [9.17, 15) is 22.0 Å². The number of carbonyl (C=O) groups excluding carboxylic acids is 1. The molecular formula is C16H24ClF2N3O4S. The van der Waals surface area contributed by atoms with Gasteiger partial charge in [-0.1, -0.05) is 12.8 Å². The fraction of sp³-hybridized carbons (Fsp3) is 0.562. The highest BCUT2D eigenvalue weighted by atomic mass is 35.5. The Labute approximate surface area is 163 Å². The molecule has 0 bridgehead atoms. The van der Waals surface area contributed by atoms with Crippen molar-refractivity contribution in [3.05, 3.63) is 23.8 Å². The third kappa shape index (κ3) is 6.27. The normalized spacial score (nSPS) is 15.3. The monoisotopic (exact) mass is 427 g/mol. The maximum atomic E-state index is 13.2. The van der Waals surface area contributed by atoms with Gasteiger partial charge in [0.1, 0.15) is 10.6 Å². The molecule has 1 fully saturated rings. The number of benzene rings is 1. The average Bonchev–Trinajstić information content (AvgIpc) is 3.11. The van der Waals surface area contributed by atoms with Crippen LogP contribution in [-0.4, -0.2) is 46.5 Å². The lowest BCUT2D eigenvalue weighted by Crippen LogP contribution is -2.41. The topological polar surface area (TPSA) is 111 Å². The van der Waals surface area contributed by atoms with E-state index in [0.717, 1.165) is 31.7 Å². The van der Waals surface area contributed by atoms with E-state index in [2.05, 4.69) is 10.0 Å². The van der Waals surface area contributed by atoms with Crippen LogP contribution in [0.5, 0.6) is 5.75 Å². The van der Waals surface area contributed by atoms with Crippen LogP contribution < -0.4 is 20.5 Å². The maximum absolute atomic E-state index is 13.2. The lowest BCUT2D eigenvalue weighted by atomic mass is 10.2. The van der Waals surface area contributed by atoms with Crippen molar-refractivity contribution in [2.75, 3.05) is 20.2 Å². The van der Waals surface area contributed by atoms with E-state index in [0.29, 0.717) is 0 Å². The number of nitrogens with one attached hydrogen (secondary N) is 2. The van der Waals surface area contributed by atoms with Crippen molar-refractivity contribution < 1.29 is 26.7 Å². The van der Waals surface area contributed by atoms with Gasteiger partial charge in [0.2, 0.25) is 10.0 Å². The van der Waals surface area contributed by atoms with E-state index in [1.165, 1.54) is 19.2 Å². The van der Waals surface area contributed by atoms with E-state index >= 15 is 0 Å². The summed E-state index contributed by atoms with van der Waals surface area (Å²) in [6.07, 6.45) is 3.38. The highest BCUT2D eigenvalue weighted by molar-refractivity contribution is 7.89. The molecule has 1 aliphatic carbocycles. The molecule has 1 saturated carbocycles. The maximum Gasteiger partial charge on any atom is 0.277 e.